The topological polar surface area (TPSA) is 47.9 Å². The van der Waals surface area contributed by atoms with E-state index in [2.05, 4.69) is 22.1 Å². The van der Waals surface area contributed by atoms with Crippen LogP contribution in [0.4, 0.5) is 0 Å². The number of nitrogens with zero attached hydrogens (tertiary/aromatic N) is 2. The van der Waals surface area contributed by atoms with Crippen LogP contribution in [0.15, 0.2) is 29.3 Å². The summed E-state index contributed by atoms with van der Waals surface area (Å²) in [6.45, 7) is 6.31. The molecule has 0 saturated heterocycles. The van der Waals surface area contributed by atoms with Crippen LogP contribution in [0.2, 0.25) is 5.02 Å². The van der Waals surface area contributed by atoms with Crippen molar-refractivity contribution in [3.05, 3.63) is 34.9 Å². The maximum atomic E-state index is 10.2. The number of rotatable bonds is 7. The molecule has 1 aromatic rings. The first kappa shape index (κ1) is 17.8. The Bertz CT molecular complexity index is 434. The second-order valence-electron chi connectivity index (χ2n) is 5.04. The zero-order valence-electron chi connectivity index (χ0n) is 13.1. The average Bonchev–Trinajstić information content (AvgIpc) is 2.49. The fourth-order valence-corrected chi connectivity index (χ4v) is 2.06. The lowest BCUT2D eigenvalue weighted by molar-refractivity contribution is 0.186. The monoisotopic (exact) mass is 311 g/mol. The average molecular weight is 312 g/mol. The Hall–Kier alpha value is -1.26. The largest absolute Gasteiger partial charge is 0.386 e. The third kappa shape index (κ3) is 6.36. The first-order valence-corrected chi connectivity index (χ1v) is 7.89. The Morgan fingerprint density at radius 2 is 2.00 bits per heavy atom. The highest BCUT2D eigenvalue weighted by Gasteiger charge is 2.09. The third-order valence-corrected chi connectivity index (χ3v) is 3.46. The van der Waals surface area contributed by atoms with Gasteiger partial charge in [-0.1, -0.05) is 37.1 Å². The number of halogens is 1. The molecule has 0 saturated carbocycles. The number of guanidine groups is 1. The number of benzene rings is 1. The Morgan fingerprint density at radius 1 is 1.33 bits per heavy atom. The number of hydrogen-bond acceptors (Lipinski definition) is 2. The molecular formula is C16H26ClN3O. The highest BCUT2D eigenvalue weighted by atomic mass is 35.5. The first-order chi connectivity index (χ1) is 10.1. The fraction of sp³-hybridized carbons (Fsp3) is 0.562. The molecule has 118 valence electrons. The number of aliphatic hydroxyl groups excluding tert-OH is 1. The van der Waals surface area contributed by atoms with E-state index in [1.54, 1.807) is 12.1 Å². The van der Waals surface area contributed by atoms with Gasteiger partial charge in [-0.25, -0.2) is 0 Å². The molecule has 21 heavy (non-hydrogen) atoms. The molecule has 2 N–H and O–H groups in total. The smallest absolute Gasteiger partial charge is 0.193 e. The minimum Gasteiger partial charge on any atom is -0.386 e. The minimum absolute atomic E-state index is 0.334. The van der Waals surface area contributed by atoms with Crippen LogP contribution in [0.3, 0.4) is 0 Å². The molecule has 5 heteroatoms. The number of aliphatic imine (C=N–C) groups is 1. The van der Waals surface area contributed by atoms with E-state index in [0.29, 0.717) is 11.6 Å². The van der Waals surface area contributed by atoms with Gasteiger partial charge in [0.1, 0.15) is 0 Å². The summed E-state index contributed by atoms with van der Waals surface area (Å²) < 4.78 is 0. The molecule has 1 unspecified atom stereocenters. The zero-order valence-corrected chi connectivity index (χ0v) is 13.9. The highest BCUT2D eigenvalue weighted by Crippen LogP contribution is 2.16. The van der Waals surface area contributed by atoms with Gasteiger partial charge in [-0.2, -0.15) is 0 Å². The van der Waals surface area contributed by atoms with Gasteiger partial charge in [-0.05, 0) is 31.0 Å². The molecular weight excluding hydrogens is 286 g/mol. The molecule has 0 aromatic heterocycles. The highest BCUT2D eigenvalue weighted by molar-refractivity contribution is 6.30. The molecule has 0 radical (unpaired) electrons. The van der Waals surface area contributed by atoms with Crippen molar-refractivity contribution in [2.24, 2.45) is 4.99 Å². The molecule has 0 aliphatic rings. The van der Waals surface area contributed by atoms with Gasteiger partial charge in [0.05, 0.1) is 12.6 Å². The quantitative estimate of drug-likeness (QED) is 0.601. The van der Waals surface area contributed by atoms with Crippen molar-refractivity contribution in [2.45, 2.75) is 32.8 Å². The Labute approximate surface area is 132 Å². The van der Waals surface area contributed by atoms with Gasteiger partial charge >= 0.3 is 0 Å². The van der Waals surface area contributed by atoms with Crippen molar-refractivity contribution < 1.29 is 5.11 Å². The molecule has 0 aliphatic heterocycles. The maximum Gasteiger partial charge on any atom is 0.193 e. The second-order valence-corrected chi connectivity index (χ2v) is 5.47. The van der Waals surface area contributed by atoms with Gasteiger partial charge in [0.2, 0.25) is 0 Å². The van der Waals surface area contributed by atoms with Crippen LogP contribution >= 0.6 is 11.6 Å². The Kier molecular flexibility index (Phi) is 8.16. The summed E-state index contributed by atoms with van der Waals surface area (Å²) in [6.07, 6.45) is 1.66. The maximum absolute atomic E-state index is 10.2. The fourth-order valence-electron chi connectivity index (χ4n) is 1.93. The summed E-state index contributed by atoms with van der Waals surface area (Å²) in [5.41, 5.74) is 0.829. The van der Waals surface area contributed by atoms with E-state index in [4.69, 9.17) is 11.6 Å². The van der Waals surface area contributed by atoms with Crippen molar-refractivity contribution in [3.8, 4) is 0 Å². The molecule has 4 nitrogen and oxygen atoms in total. The van der Waals surface area contributed by atoms with Crippen LogP contribution in [0.25, 0.3) is 0 Å². The number of unbranched alkanes of at least 4 members (excludes halogenated alkanes) is 1. The Balaban J connectivity index is 2.65. The molecule has 0 spiro atoms. The van der Waals surface area contributed by atoms with Gasteiger partial charge in [-0.3, -0.25) is 4.99 Å². The van der Waals surface area contributed by atoms with Crippen LogP contribution in [0, 0.1) is 0 Å². The Morgan fingerprint density at radius 3 is 2.57 bits per heavy atom. The van der Waals surface area contributed by atoms with E-state index in [0.717, 1.165) is 37.5 Å². The lowest BCUT2D eigenvalue weighted by Crippen LogP contribution is -2.39. The van der Waals surface area contributed by atoms with Crippen molar-refractivity contribution >= 4 is 17.6 Å². The van der Waals surface area contributed by atoms with Gasteiger partial charge in [0, 0.05) is 25.2 Å². The summed E-state index contributed by atoms with van der Waals surface area (Å²) in [6, 6.07) is 7.22. The zero-order chi connectivity index (χ0) is 15.7. The predicted molar refractivity (Wildman–Crippen MR) is 89.9 cm³/mol. The third-order valence-electron chi connectivity index (χ3n) is 3.21. The standard InChI is InChI=1S/C16H26ClN3O/c1-4-6-11-20(3)16(18-5-2)19-12-15(21)13-7-9-14(17)10-8-13/h7-10,15,21H,4-6,11-12H2,1-3H3,(H,18,19). The lowest BCUT2D eigenvalue weighted by atomic mass is 10.1. The van der Waals surface area contributed by atoms with Crippen molar-refractivity contribution in [2.75, 3.05) is 26.7 Å². The van der Waals surface area contributed by atoms with Crippen LogP contribution in [-0.4, -0.2) is 42.6 Å². The van der Waals surface area contributed by atoms with Crippen molar-refractivity contribution in [1.82, 2.24) is 10.2 Å². The summed E-state index contributed by atoms with van der Waals surface area (Å²) in [7, 11) is 2.02. The number of nitrogens with one attached hydrogen (secondary N) is 1. The predicted octanol–water partition coefficient (Wildman–Crippen LogP) is 3.07. The summed E-state index contributed by atoms with van der Waals surface area (Å²) in [4.78, 5) is 6.61. The van der Waals surface area contributed by atoms with Crippen LogP contribution in [0.1, 0.15) is 38.4 Å². The normalized spacial score (nSPS) is 13.1. The molecule has 0 aliphatic carbocycles. The van der Waals surface area contributed by atoms with E-state index in [-0.39, 0.29) is 0 Å². The van der Waals surface area contributed by atoms with Crippen molar-refractivity contribution in [1.29, 1.82) is 0 Å². The van der Waals surface area contributed by atoms with Crippen LogP contribution in [-0.2, 0) is 0 Å². The molecule has 0 bridgehead atoms. The van der Waals surface area contributed by atoms with Gasteiger partial charge in [0.25, 0.3) is 0 Å². The molecule has 1 aromatic carbocycles. The minimum atomic E-state index is -0.615. The van der Waals surface area contributed by atoms with E-state index in [1.165, 1.54) is 0 Å². The van der Waals surface area contributed by atoms with E-state index < -0.39 is 6.10 Å². The van der Waals surface area contributed by atoms with Crippen LogP contribution < -0.4 is 5.32 Å². The van der Waals surface area contributed by atoms with E-state index >= 15 is 0 Å². The molecule has 0 fully saturated rings. The van der Waals surface area contributed by atoms with Gasteiger partial charge in [-0.15, -0.1) is 0 Å². The molecule has 1 rings (SSSR count). The summed E-state index contributed by atoms with van der Waals surface area (Å²) >= 11 is 5.85. The number of aliphatic hydroxyl groups is 1. The lowest BCUT2D eigenvalue weighted by Gasteiger charge is -2.22. The van der Waals surface area contributed by atoms with Crippen LogP contribution in [0.5, 0.6) is 0 Å². The molecule has 0 amide bonds. The van der Waals surface area contributed by atoms with E-state index in [9.17, 15) is 5.11 Å². The summed E-state index contributed by atoms with van der Waals surface area (Å²) in [5, 5.41) is 14.1. The van der Waals surface area contributed by atoms with Gasteiger partial charge in [0.15, 0.2) is 5.96 Å². The SMILES string of the molecule is CCCCN(C)C(=NCC(O)c1ccc(Cl)cc1)NCC. The van der Waals surface area contributed by atoms with E-state index in [1.807, 2.05) is 26.1 Å². The first-order valence-electron chi connectivity index (χ1n) is 7.51. The summed E-state index contributed by atoms with van der Waals surface area (Å²) in [5.74, 6) is 0.832. The molecule has 0 heterocycles. The second kappa shape index (κ2) is 9.64. The van der Waals surface area contributed by atoms with Crippen molar-refractivity contribution in [3.63, 3.8) is 0 Å². The number of hydrogen-bond donors (Lipinski definition) is 2. The molecule has 1 atom stereocenters. The van der Waals surface area contributed by atoms with Gasteiger partial charge < -0.3 is 15.3 Å².